The minimum absolute atomic E-state index is 0.135. The van der Waals surface area contributed by atoms with Crippen molar-refractivity contribution in [3.8, 4) is 0 Å². The monoisotopic (exact) mass is 577 g/mol. The molecule has 1 aliphatic rings. The van der Waals surface area contributed by atoms with Gasteiger partial charge in [0.1, 0.15) is 12.6 Å². The molecule has 36 heavy (non-hydrogen) atoms. The van der Waals surface area contributed by atoms with Crippen LogP contribution in [0.5, 0.6) is 0 Å². The molecule has 2 aromatic carbocycles. The van der Waals surface area contributed by atoms with E-state index in [9.17, 15) is 18.0 Å². The Hall–Kier alpha value is -2.39. The zero-order valence-electron chi connectivity index (χ0n) is 21.2. The molecular formula is C27H36BrN3O4S. The fraction of sp³-hybridized carbons (Fsp3) is 0.481. The van der Waals surface area contributed by atoms with Crippen LogP contribution in [-0.2, 0) is 26.0 Å². The van der Waals surface area contributed by atoms with Crippen LogP contribution in [0.15, 0.2) is 53.0 Å². The lowest BCUT2D eigenvalue weighted by Crippen LogP contribution is -2.54. The highest BCUT2D eigenvalue weighted by Crippen LogP contribution is 2.25. The van der Waals surface area contributed by atoms with Gasteiger partial charge in [-0.05, 0) is 61.9 Å². The Balaban J connectivity index is 1.87. The first kappa shape index (κ1) is 28.2. The molecule has 1 N–H and O–H groups in total. The Kier molecular flexibility index (Phi) is 9.96. The molecule has 1 fully saturated rings. The third-order valence-corrected chi connectivity index (χ3v) is 8.71. The Morgan fingerprint density at radius 2 is 1.78 bits per heavy atom. The van der Waals surface area contributed by atoms with Gasteiger partial charge in [-0.15, -0.1) is 0 Å². The molecule has 0 aliphatic heterocycles. The van der Waals surface area contributed by atoms with Crippen LogP contribution in [-0.4, -0.2) is 56.6 Å². The molecule has 0 heterocycles. The van der Waals surface area contributed by atoms with Crippen LogP contribution >= 0.6 is 15.9 Å². The minimum atomic E-state index is -3.74. The number of carbonyl (C=O) groups excluding carboxylic acids is 2. The highest BCUT2D eigenvalue weighted by atomic mass is 79.9. The highest BCUT2D eigenvalue weighted by Gasteiger charge is 2.32. The second-order valence-corrected chi connectivity index (χ2v) is 12.2. The van der Waals surface area contributed by atoms with E-state index in [-0.39, 0.29) is 18.5 Å². The van der Waals surface area contributed by atoms with Gasteiger partial charge in [-0.25, -0.2) is 8.42 Å². The Morgan fingerprint density at radius 1 is 1.11 bits per heavy atom. The number of carbonyl (C=O) groups is 2. The maximum Gasteiger partial charge on any atom is 0.244 e. The maximum atomic E-state index is 13.7. The predicted octanol–water partition coefficient (Wildman–Crippen LogP) is 4.43. The fourth-order valence-corrected chi connectivity index (χ4v) is 5.75. The van der Waals surface area contributed by atoms with Gasteiger partial charge in [0, 0.05) is 17.1 Å². The van der Waals surface area contributed by atoms with Gasteiger partial charge in [0.15, 0.2) is 0 Å². The first-order valence-electron chi connectivity index (χ1n) is 12.5. The summed E-state index contributed by atoms with van der Waals surface area (Å²) >= 11 is 3.44. The van der Waals surface area contributed by atoms with E-state index in [4.69, 9.17) is 0 Å². The van der Waals surface area contributed by atoms with E-state index in [1.54, 1.807) is 23.1 Å². The Morgan fingerprint density at radius 3 is 2.36 bits per heavy atom. The molecule has 9 heteroatoms. The zero-order chi connectivity index (χ0) is 26.3. The van der Waals surface area contributed by atoms with Crippen molar-refractivity contribution in [2.24, 2.45) is 0 Å². The first-order valence-corrected chi connectivity index (χ1v) is 15.1. The zero-order valence-corrected chi connectivity index (χ0v) is 23.6. The molecule has 0 saturated heterocycles. The molecule has 2 amide bonds. The van der Waals surface area contributed by atoms with Crippen molar-refractivity contribution >= 4 is 43.5 Å². The van der Waals surface area contributed by atoms with Crippen molar-refractivity contribution in [2.75, 3.05) is 23.7 Å². The number of hydrogen-bond donors (Lipinski definition) is 1. The topological polar surface area (TPSA) is 86.8 Å². The quantitative estimate of drug-likeness (QED) is 0.428. The summed E-state index contributed by atoms with van der Waals surface area (Å²) < 4.78 is 27.4. The van der Waals surface area contributed by atoms with Crippen molar-refractivity contribution in [3.63, 3.8) is 0 Å². The minimum Gasteiger partial charge on any atom is -0.352 e. The number of aryl methyl sites for hydroxylation is 1. The molecule has 1 atom stereocenters. The van der Waals surface area contributed by atoms with Crippen LogP contribution in [0, 0.1) is 6.92 Å². The summed E-state index contributed by atoms with van der Waals surface area (Å²) in [6, 6.07) is 14.4. The second kappa shape index (κ2) is 12.7. The third-order valence-electron chi connectivity index (χ3n) is 6.68. The Labute approximate surface area is 223 Å². The number of nitrogens with zero attached hydrogens (tertiary/aromatic N) is 2. The lowest BCUT2D eigenvalue weighted by Gasteiger charge is -2.33. The van der Waals surface area contributed by atoms with E-state index >= 15 is 0 Å². The normalized spacial score (nSPS) is 14.9. The van der Waals surface area contributed by atoms with Gasteiger partial charge >= 0.3 is 0 Å². The molecule has 0 radical (unpaired) electrons. The lowest BCUT2D eigenvalue weighted by atomic mass is 10.1. The first-order chi connectivity index (χ1) is 17.1. The summed E-state index contributed by atoms with van der Waals surface area (Å²) in [4.78, 5) is 28.6. The van der Waals surface area contributed by atoms with E-state index in [0.29, 0.717) is 25.1 Å². The molecular weight excluding hydrogens is 542 g/mol. The van der Waals surface area contributed by atoms with Gasteiger partial charge in [0.05, 0.1) is 11.9 Å². The summed E-state index contributed by atoms with van der Waals surface area (Å²) in [7, 11) is -3.74. The summed E-state index contributed by atoms with van der Waals surface area (Å²) in [6.07, 6.45) is 6.18. The highest BCUT2D eigenvalue weighted by molar-refractivity contribution is 9.10. The van der Waals surface area contributed by atoms with Crippen molar-refractivity contribution in [1.82, 2.24) is 10.2 Å². The van der Waals surface area contributed by atoms with Crippen molar-refractivity contribution in [3.05, 3.63) is 64.1 Å². The molecule has 0 spiro atoms. The van der Waals surface area contributed by atoms with Crippen LogP contribution in [0.25, 0.3) is 0 Å². The summed E-state index contributed by atoms with van der Waals surface area (Å²) in [6.45, 7) is 3.69. The van der Waals surface area contributed by atoms with Gasteiger partial charge in [-0.2, -0.15) is 0 Å². The van der Waals surface area contributed by atoms with Crippen LogP contribution in [0.3, 0.4) is 0 Å². The van der Waals surface area contributed by atoms with Gasteiger partial charge < -0.3 is 10.2 Å². The third kappa shape index (κ3) is 7.56. The molecule has 7 nitrogen and oxygen atoms in total. The van der Waals surface area contributed by atoms with E-state index in [2.05, 4.69) is 21.2 Å². The second-order valence-electron chi connectivity index (χ2n) is 9.44. The largest absolute Gasteiger partial charge is 0.352 e. The average molecular weight is 579 g/mol. The van der Waals surface area contributed by atoms with Gasteiger partial charge in [0.2, 0.25) is 21.8 Å². The number of halogens is 1. The van der Waals surface area contributed by atoms with Crippen molar-refractivity contribution < 1.29 is 18.0 Å². The number of anilines is 1. The van der Waals surface area contributed by atoms with Gasteiger partial charge in [-0.1, -0.05) is 66.0 Å². The van der Waals surface area contributed by atoms with Crippen molar-refractivity contribution in [1.29, 1.82) is 0 Å². The predicted molar refractivity (Wildman–Crippen MR) is 147 cm³/mol. The van der Waals surface area contributed by atoms with E-state index < -0.39 is 22.0 Å². The van der Waals surface area contributed by atoms with Crippen LogP contribution in [0.4, 0.5) is 5.69 Å². The number of rotatable bonds is 11. The Bertz CT molecular complexity index is 1150. The molecule has 3 rings (SSSR count). The summed E-state index contributed by atoms with van der Waals surface area (Å²) in [5.41, 5.74) is 2.32. The molecule has 1 saturated carbocycles. The van der Waals surface area contributed by atoms with Gasteiger partial charge in [-0.3, -0.25) is 13.9 Å². The lowest BCUT2D eigenvalue weighted by molar-refractivity contribution is -0.139. The molecule has 1 aliphatic carbocycles. The van der Waals surface area contributed by atoms with E-state index in [0.717, 1.165) is 51.8 Å². The van der Waals surface area contributed by atoms with Crippen LogP contribution in [0.1, 0.15) is 50.2 Å². The van der Waals surface area contributed by atoms with Crippen LogP contribution < -0.4 is 9.62 Å². The standard InChI is InChI=1S/C27H36BrN3O4S/c1-4-25(27(33)29-22-12-8-9-13-22)30(17-16-21-10-6-5-7-11-21)26(32)19-31(36(3,34)35)23-14-15-24(28)20(2)18-23/h5-7,10-11,14-15,18,22,25H,4,8-9,12-13,16-17,19H2,1-3H3,(H,29,33)/t25-/m1/s1. The van der Waals surface area contributed by atoms with Gasteiger partial charge in [0.25, 0.3) is 0 Å². The van der Waals surface area contributed by atoms with Crippen LogP contribution in [0.2, 0.25) is 0 Å². The number of benzene rings is 2. The fourth-order valence-electron chi connectivity index (χ4n) is 4.66. The molecule has 2 aromatic rings. The van der Waals surface area contributed by atoms with E-state index in [1.807, 2.05) is 44.2 Å². The smallest absolute Gasteiger partial charge is 0.244 e. The SMILES string of the molecule is CC[C@H](C(=O)NC1CCCC1)N(CCc1ccccc1)C(=O)CN(c1ccc(Br)c(C)c1)S(C)(=O)=O. The van der Waals surface area contributed by atoms with E-state index in [1.165, 1.54) is 0 Å². The van der Waals surface area contributed by atoms with Crippen molar-refractivity contribution in [2.45, 2.75) is 64.5 Å². The number of hydrogen-bond acceptors (Lipinski definition) is 4. The average Bonchev–Trinajstić information content (AvgIpc) is 3.34. The summed E-state index contributed by atoms with van der Waals surface area (Å²) in [5.74, 6) is -0.568. The number of sulfonamides is 1. The molecule has 196 valence electrons. The molecule has 0 unspecified atom stereocenters. The number of nitrogens with one attached hydrogen (secondary N) is 1. The maximum absolute atomic E-state index is 13.7. The molecule has 0 aromatic heterocycles. The summed E-state index contributed by atoms with van der Waals surface area (Å²) in [5, 5.41) is 3.12. The molecule has 0 bridgehead atoms. The number of amides is 2.